The van der Waals surface area contributed by atoms with E-state index in [1.807, 2.05) is 6.92 Å². The van der Waals surface area contributed by atoms with E-state index in [9.17, 15) is 8.42 Å². The van der Waals surface area contributed by atoms with E-state index in [0.717, 1.165) is 31.2 Å². The first kappa shape index (κ1) is 16.0. The summed E-state index contributed by atoms with van der Waals surface area (Å²) in [6.07, 6.45) is 5.56. The molecule has 0 aromatic heterocycles. The van der Waals surface area contributed by atoms with Crippen molar-refractivity contribution in [3.63, 3.8) is 0 Å². The summed E-state index contributed by atoms with van der Waals surface area (Å²) in [7, 11) is -3.26. The van der Waals surface area contributed by atoms with Gasteiger partial charge in [0.25, 0.3) is 0 Å². The lowest BCUT2D eigenvalue weighted by Crippen LogP contribution is -2.32. The highest BCUT2D eigenvalue weighted by atomic mass is 32.2. The predicted molar refractivity (Wildman–Crippen MR) is 83.1 cm³/mol. The number of benzene rings is 1. The van der Waals surface area contributed by atoms with Crippen molar-refractivity contribution < 1.29 is 8.42 Å². The van der Waals surface area contributed by atoms with Crippen LogP contribution in [0.15, 0.2) is 24.3 Å². The molecule has 2 rings (SSSR count). The van der Waals surface area contributed by atoms with Crippen molar-refractivity contribution in [3.8, 4) is 6.07 Å². The van der Waals surface area contributed by atoms with Gasteiger partial charge in [-0.05, 0) is 43.4 Å². The van der Waals surface area contributed by atoms with Crippen molar-refractivity contribution in [2.75, 3.05) is 5.75 Å². The van der Waals surface area contributed by atoms with E-state index in [2.05, 4.69) is 10.8 Å². The second kappa shape index (κ2) is 7.06. The lowest BCUT2D eigenvalue weighted by Gasteiger charge is -2.22. The molecule has 0 amide bonds. The van der Waals surface area contributed by atoms with Crippen LogP contribution in [0.4, 0.5) is 0 Å². The van der Waals surface area contributed by atoms with E-state index in [1.165, 1.54) is 6.42 Å². The fourth-order valence-electron chi connectivity index (χ4n) is 2.90. The van der Waals surface area contributed by atoms with Crippen LogP contribution < -0.4 is 4.72 Å². The van der Waals surface area contributed by atoms with Crippen LogP contribution in [0.5, 0.6) is 0 Å². The quantitative estimate of drug-likeness (QED) is 0.908. The third-order valence-corrected chi connectivity index (χ3v) is 5.70. The van der Waals surface area contributed by atoms with Gasteiger partial charge >= 0.3 is 0 Å². The zero-order valence-corrected chi connectivity index (χ0v) is 13.2. The van der Waals surface area contributed by atoms with Gasteiger partial charge in [-0.2, -0.15) is 5.26 Å². The van der Waals surface area contributed by atoms with Gasteiger partial charge in [0.05, 0.1) is 17.4 Å². The number of hydrogen-bond acceptors (Lipinski definition) is 3. The Kier molecular flexibility index (Phi) is 5.38. The third kappa shape index (κ3) is 4.83. The lowest BCUT2D eigenvalue weighted by atomic mass is 9.91. The van der Waals surface area contributed by atoms with Gasteiger partial charge in [0.1, 0.15) is 0 Å². The fourth-order valence-corrected chi connectivity index (χ4v) is 4.62. The number of hydrogen-bond donors (Lipinski definition) is 1. The Bertz CT molecular complexity index is 596. The average molecular weight is 306 g/mol. The minimum Gasteiger partial charge on any atom is -0.212 e. The summed E-state index contributed by atoms with van der Waals surface area (Å²) in [5, 5.41) is 8.77. The molecule has 1 N–H and O–H groups in total. The van der Waals surface area contributed by atoms with Crippen LogP contribution in [0.3, 0.4) is 0 Å². The Morgan fingerprint density at radius 3 is 2.43 bits per heavy atom. The molecule has 0 aliphatic heterocycles. The topological polar surface area (TPSA) is 70.0 Å². The molecule has 1 aromatic rings. The first-order valence-electron chi connectivity index (χ1n) is 7.50. The zero-order chi connectivity index (χ0) is 15.3. The fraction of sp³-hybridized carbons (Fsp3) is 0.562. The Morgan fingerprint density at radius 1 is 1.24 bits per heavy atom. The summed E-state index contributed by atoms with van der Waals surface area (Å²) >= 11 is 0. The Labute approximate surface area is 127 Å². The van der Waals surface area contributed by atoms with Crippen LogP contribution in [0.25, 0.3) is 0 Å². The van der Waals surface area contributed by atoms with Crippen molar-refractivity contribution in [3.05, 3.63) is 35.4 Å². The maximum Gasteiger partial charge on any atom is 0.212 e. The molecule has 1 fully saturated rings. The van der Waals surface area contributed by atoms with Gasteiger partial charge in [0, 0.05) is 6.04 Å². The largest absolute Gasteiger partial charge is 0.212 e. The Balaban J connectivity index is 1.96. The molecule has 0 spiro atoms. The molecule has 1 aliphatic rings. The maximum absolute atomic E-state index is 12.2. The summed E-state index contributed by atoms with van der Waals surface area (Å²) < 4.78 is 27.2. The van der Waals surface area contributed by atoms with E-state index in [-0.39, 0.29) is 11.8 Å². The van der Waals surface area contributed by atoms with Crippen molar-refractivity contribution in [1.29, 1.82) is 5.26 Å². The van der Waals surface area contributed by atoms with Crippen LogP contribution in [-0.4, -0.2) is 14.2 Å². The van der Waals surface area contributed by atoms with Crippen LogP contribution in [-0.2, 0) is 10.0 Å². The van der Waals surface area contributed by atoms with Crippen LogP contribution in [0, 0.1) is 17.2 Å². The normalized spacial score (nSPS) is 18.1. The molecular formula is C16H22N2O2S. The Hall–Kier alpha value is -1.38. The number of nitriles is 1. The standard InChI is InChI=1S/C16H22N2O2S/c1-13(16-9-7-14(11-17)8-10-16)18-21(19,20)12-15-5-3-2-4-6-15/h7-10,13,15,18H,2-6,12H2,1H3/t13-/m0/s1. The molecule has 1 aliphatic carbocycles. The van der Waals surface area contributed by atoms with E-state index in [1.54, 1.807) is 24.3 Å². The second-order valence-corrected chi connectivity index (χ2v) is 7.66. The number of nitrogens with one attached hydrogen (secondary N) is 1. The number of rotatable bonds is 5. The molecular weight excluding hydrogens is 284 g/mol. The maximum atomic E-state index is 12.2. The Morgan fingerprint density at radius 2 is 1.86 bits per heavy atom. The summed E-state index contributed by atoms with van der Waals surface area (Å²) in [5.41, 5.74) is 1.46. The van der Waals surface area contributed by atoms with Gasteiger partial charge < -0.3 is 0 Å². The molecule has 4 nitrogen and oxygen atoms in total. The van der Waals surface area contributed by atoms with Crippen LogP contribution >= 0.6 is 0 Å². The summed E-state index contributed by atoms with van der Waals surface area (Å²) in [6.45, 7) is 1.83. The van der Waals surface area contributed by atoms with Crippen LogP contribution in [0.1, 0.15) is 56.2 Å². The van der Waals surface area contributed by atoms with Crippen molar-refractivity contribution in [2.24, 2.45) is 5.92 Å². The summed E-state index contributed by atoms with van der Waals surface area (Å²) in [5.74, 6) is 0.526. The van der Waals surface area contributed by atoms with Gasteiger partial charge in [-0.3, -0.25) is 0 Å². The second-order valence-electron chi connectivity index (χ2n) is 5.86. The van der Waals surface area contributed by atoms with Crippen molar-refractivity contribution in [1.82, 2.24) is 4.72 Å². The summed E-state index contributed by atoms with van der Waals surface area (Å²) in [4.78, 5) is 0. The molecule has 1 atom stereocenters. The molecule has 0 saturated heterocycles. The zero-order valence-electron chi connectivity index (χ0n) is 12.4. The smallest absolute Gasteiger partial charge is 0.212 e. The van der Waals surface area contributed by atoms with Crippen molar-refractivity contribution in [2.45, 2.75) is 45.1 Å². The average Bonchev–Trinajstić information content (AvgIpc) is 2.47. The first-order chi connectivity index (χ1) is 10.00. The minimum absolute atomic E-state index is 0.230. The van der Waals surface area contributed by atoms with Gasteiger partial charge in [0.15, 0.2) is 0 Å². The van der Waals surface area contributed by atoms with Gasteiger partial charge in [-0.25, -0.2) is 13.1 Å². The predicted octanol–water partition coefficient (Wildman–Crippen LogP) is 3.12. The highest BCUT2D eigenvalue weighted by molar-refractivity contribution is 7.89. The molecule has 0 unspecified atom stereocenters. The van der Waals surface area contributed by atoms with E-state index in [4.69, 9.17) is 5.26 Å². The highest BCUT2D eigenvalue weighted by Gasteiger charge is 2.23. The van der Waals surface area contributed by atoms with Gasteiger partial charge in [0.2, 0.25) is 10.0 Å². The van der Waals surface area contributed by atoms with Crippen LogP contribution in [0.2, 0.25) is 0 Å². The van der Waals surface area contributed by atoms with E-state index >= 15 is 0 Å². The molecule has 1 aromatic carbocycles. The molecule has 114 valence electrons. The molecule has 21 heavy (non-hydrogen) atoms. The molecule has 1 saturated carbocycles. The molecule has 0 radical (unpaired) electrons. The number of sulfonamides is 1. The number of nitrogens with zero attached hydrogens (tertiary/aromatic N) is 1. The van der Waals surface area contributed by atoms with E-state index < -0.39 is 10.0 Å². The van der Waals surface area contributed by atoms with Crippen molar-refractivity contribution >= 4 is 10.0 Å². The van der Waals surface area contributed by atoms with E-state index in [0.29, 0.717) is 11.5 Å². The molecule has 5 heteroatoms. The third-order valence-electron chi connectivity index (χ3n) is 4.08. The lowest BCUT2D eigenvalue weighted by molar-refractivity contribution is 0.383. The highest BCUT2D eigenvalue weighted by Crippen LogP contribution is 2.25. The SMILES string of the molecule is C[C@H](NS(=O)(=O)CC1CCCCC1)c1ccc(C#N)cc1. The van der Waals surface area contributed by atoms with Gasteiger partial charge in [-0.1, -0.05) is 31.4 Å². The minimum atomic E-state index is -3.26. The first-order valence-corrected chi connectivity index (χ1v) is 9.15. The molecule has 0 heterocycles. The monoisotopic (exact) mass is 306 g/mol. The molecule has 0 bridgehead atoms. The summed E-state index contributed by atoms with van der Waals surface area (Å²) in [6, 6.07) is 8.80. The van der Waals surface area contributed by atoms with Gasteiger partial charge in [-0.15, -0.1) is 0 Å².